The molecule has 0 bridgehead atoms. The summed E-state index contributed by atoms with van der Waals surface area (Å²) in [5, 5.41) is 24.2. The number of ether oxygens (including phenoxy) is 1. The maximum Gasteiger partial charge on any atom is 0.331 e. The lowest BCUT2D eigenvalue weighted by atomic mass is 9.80. The summed E-state index contributed by atoms with van der Waals surface area (Å²) < 4.78 is 5.53. The van der Waals surface area contributed by atoms with E-state index in [0.717, 1.165) is 5.06 Å². The molecular weight excluding hydrogens is 336 g/mol. The smallest absolute Gasteiger partial charge is 0.331 e. The number of hydrogen-bond donors (Lipinski definition) is 0. The van der Waals surface area contributed by atoms with Crippen LogP contribution in [0.5, 0.6) is 0 Å². The number of benzene rings is 1. The van der Waals surface area contributed by atoms with E-state index >= 15 is 0 Å². The molecule has 1 aromatic carbocycles. The Morgan fingerprint density at radius 3 is 2.35 bits per heavy atom. The van der Waals surface area contributed by atoms with Gasteiger partial charge in [0.05, 0.1) is 4.92 Å². The highest BCUT2D eigenvalue weighted by molar-refractivity contribution is 5.87. The average molecular weight is 361 g/mol. The molecule has 26 heavy (non-hydrogen) atoms. The molecule has 7 nitrogen and oxygen atoms in total. The molecule has 1 aliphatic rings. The lowest BCUT2D eigenvalue weighted by Crippen LogP contribution is -2.60. The first-order chi connectivity index (χ1) is 11.9. The number of non-ortho nitro benzene ring substituents is 1. The third-order valence-electron chi connectivity index (χ3n) is 4.70. The van der Waals surface area contributed by atoms with E-state index < -0.39 is 22.0 Å². The Labute approximate surface area is 153 Å². The minimum absolute atomic E-state index is 0.0102. The van der Waals surface area contributed by atoms with Gasteiger partial charge >= 0.3 is 5.97 Å². The molecule has 141 valence electrons. The van der Waals surface area contributed by atoms with Crippen molar-refractivity contribution in [3.63, 3.8) is 0 Å². The van der Waals surface area contributed by atoms with Gasteiger partial charge in [0.25, 0.3) is 5.69 Å². The Morgan fingerprint density at radius 1 is 1.27 bits per heavy atom. The molecule has 0 aliphatic carbocycles. The fourth-order valence-corrected chi connectivity index (χ4v) is 3.58. The van der Waals surface area contributed by atoms with Gasteiger partial charge in [-0.1, -0.05) is 0 Å². The third kappa shape index (κ3) is 4.47. The number of hydrogen-bond acceptors (Lipinski definition) is 5. The van der Waals surface area contributed by atoms with Crippen LogP contribution in [0.4, 0.5) is 5.69 Å². The molecular formula is C19H25N2O5. The number of nitrogens with zero attached hydrogens (tertiary/aromatic N) is 2. The zero-order valence-corrected chi connectivity index (χ0v) is 15.8. The number of carbonyl (C=O) groups is 1. The predicted molar refractivity (Wildman–Crippen MR) is 96.7 cm³/mol. The van der Waals surface area contributed by atoms with Crippen molar-refractivity contribution in [2.75, 3.05) is 0 Å². The van der Waals surface area contributed by atoms with E-state index in [4.69, 9.17) is 4.74 Å². The molecule has 1 heterocycles. The molecule has 1 fully saturated rings. The van der Waals surface area contributed by atoms with Crippen LogP contribution in [0.1, 0.15) is 51.7 Å². The molecule has 1 saturated heterocycles. The molecule has 1 radical (unpaired) electrons. The summed E-state index contributed by atoms with van der Waals surface area (Å²) in [5.74, 6) is -0.487. The monoisotopic (exact) mass is 361 g/mol. The number of carbonyl (C=O) groups excluding carboxylic acids is 1. The van der Waals surface area contributed by atoms with Gasteiger partial charge in [-0.3, -0.25) is 10.1 Å². The van der Waals surface area contributed by atoms with Crippen molar-refractivity contribution in [3.8, 4) is 0 Å². The van der Waals surface area contributed by atoms with Gasteiger partial charge in [0.15, 0.2) is 0 Å². The first-order valence-corrected chi connectivity index (χ1v) is 8.53. The Hall–Kier alpha value is -2.25. The summed E-state index contributed by atoms with van der Waals surface area (Å²) in [5.41, 5.74) is 0.209. The minimum atomic E-state index is -0.606. The first-order valence-electron chi connectivity index (χ1n) is 8.53. The summed E-state index contributed by atoms with van der Waals surface area (Å²) in [7, 11) is 0. The van der Waals surface area contributed by atoms with Crippen LogP contribution in [0.3, 0.4) is 0 Å². The Morgan fingerprint density at radius 2 is 1.85 bits per heavy atom. The summed E-state index contributed by atoms with van der Waals surface area (Å²) in [6.45, 7) is 9.12. The van der Waals surface area contributed by atoms with Gasteiger partial charge < -0.3 is 4.74 Å². The van der Waals surface area contributed by atoms with Crippen molar-refractivity contribution in [2.24, 2.45) is 0 Å². The van der Waals surface area contributed by atoms with Gasteiger partial charge in [0.1, 0.15) is 6.10 Å². The number of aryl methyl sites for hydroxylation is 1. The summed E-state index contributed by atoms with van der Waals surface area (Å²) in [6, 6.07) is 4.45. The van der Waals surface area contributed by atoms with E-state index in [-0.39, 0.29) is 11.8 Å². The summed E-state index contributed by atoms with van der Waals surface area (Å²) in [6.07, 6.45) is 3.50. The Kier molecular flexibility index (Phi) is 5.53. The van der Waals surface area contributed by atoms with E-state index in [1.807, 2.05) is 27.7 Å². The molecule has 7 heteroatoms. The molecule has 0 N–H and O–H groups in total. The molecule has 0 spiro atoms. The Balaban J connectivity index is 2.05. The van der Waals surface area contributed by atoms with Gasteiger partial charge in [-0.05, 0) is 57.9 Å². The van der Waals surface area contributed by atoms with E-state index in [1.165, 1.54) is 18.2 Å². The molecule has 0 unspecified atom stereocenters. The van der Waals surface area contributed by atoms with E-state index in [2.05, 4.69) is 0 Å². The fourth-order valence-electron chi connectivity index (χ4n) is 3.58. The van der Waals surface area contributed by atoms with Crippen LogP contribution in [-0.2, 0) is 14.7 Å². The van der Waals surface area contributed by atoms with Crippen LogP contribution < -0.4 is 0 Å². The summed E-state index contributed by atoms with van der Waals surface area (Å²) in [4.78, 5) is 22.5. The zero-order valence-electron chi connectivity index (χ0n) is 15.8. The quantitative estimate of drug-likeness (QED) is 0.352. The van der Waals surface area contributed by atoms with Crippen LogP contribution in [0, 0.1) is 17.0 Å². The van der Waals surface area contributed by atoms with Crippen molar-refractivity contribution in [1.29, 1.82) is 0 Å². The predicted octanol–water partition coefficient (Wildman–Crippen LogP) is 3.83. The second-order valence-corrected chi connectivity index (χ2v) is 8.02. The summed E-state index contributed by atoms with van der Waals surface area (Å²) >= 11 is 0. The maximum absolute atomic E-state index is 12.3. The van der Waals surface area contributed by atoms with Gasteiger partial charge in [-0.25, -0.2) is 4.79 Å². The number of rotatable bonds is 4. The fraction of sp³-hybridized carbons (Fsp3) is 0.526. The van der Waals surface area contributed by atoms with Crippen molar-refractivity contribution in [2.45, 2.75) is 64.6 Å². The van der Waals surface area contributed by atoms with Gasteiger partial charge in [0, 0.05) is 42.1 Å². The minimum Gasteiger partial charge on any atom is -0.459 e. The van der Waals surface area contributed by atoms with Crippen molar-refractivity contribution >= 4 is 17.7 Å². The second kappa shape index (κ2) is 7.17. The SMILES string of the molecule is Cc1cc([N+](=O)[O-])ccc1/C=C/C(=O)OC1CC(C)(C)N([O])C(C)(C)C1. The molecule has 1 aromatic rings. The number of hydroxylamine groups is 2. The zero-order chi connectivity index (χ0) is 19.7. The number of piperidine rings is 1. The van der Waals surface area contributed by atoms with Crippen molar-refractivity contribution in [3.05, 3.63) is 45.5 Å². The highest BCUT2D eigenvalue weighted by atomic mass is 16.6. The molecule has 0 atom stereocenters. The topological polar surface area (TPSA) is 92.6 Å². The highest BCUT2D eigenvalue weighted by Crippen LogP contribution is 2.38. The average Bonchev–Trinajstić information content (AvgIpc) is 2.50. The number of esters is 1. The number of nitro groups is 1. The van der Waals surface area contributed by atoms with Gasteiger partial charge in [0.2, 0.25) is 0 Å². The molecule has 0 amide bonds. The first kappa shape index (κ1) is 20.1. The normalized spacial score (nSPS) is 20.2. The van der Waals surface area contributed by atoms with Crippen LogP contribution in [0.2, 0.25) is 0 Å². The lowest BCUT2D eigenvalue weighted by Gasteiger charge is -2.49. The lowest BCUT2D eigenvalue weighted by molar-refractivity contribution is -0.384. The Bertz CT molecular complexity index is 721. The van der Waals surface area contributed by atoms with Crippen molar-refractivity contribution in [1.82, 2.24) is 5.06 Å². The van der Waals surface area contributed by atoms with Gasteiger partial charge in [-0.15, -0.1) is 10.3 Å². The molecule has 0 saturated carbocycles. The maximum atomic E-state index is 12.3. The van der Waals surface area contributed by atoms with Crippen LogP contribution >= 0.6 is 0 Å². The second-order valence-electron chi connectivity index (χ2n) is 8.02. The third-order valence-corrected chi connectivity index (χ3v) is 4.70. The van der Waals surface area contributed by atoms with Crippen LogP contribution in [0.25, 0.3) is 6.08 Å². The van der Waals surface area contributed by atoms with Crippen molar-refractivity contribution < 1.29 is 19.7 Å². The standard InChI is InChI=1S/C19H25N2O5/c1-13-10-15(20(23)24)8-6-14(13)7-9-17(22)26-16-11-18(2,3)21(25)19(4,5)12-16/h6-10,16H,11-12H2,1-5H3/b9-7+. The van der Waals surface area contributed by atoms with Crippen LogP contribution in [0.15, 0.2) is 24.3 Å². The van der Waals surface area contributed by atoms with Gasteiger partial charge in [-0.2, -0.15) is 0 Å². The van der Waals surface area contributed by atoms with E-state index in [0.29, 0.717) is 24.0 Å². The molecule has 0 aromatic heterocycles. The molecule has 2 rings (SSSR count). The van der Waals surface area contributed by atoms with E-state index in [1.54, 1.807) is 19.1 Å². The largest absolute Gasteiger partial charge is 0.459 e. The van der Waals surface area contributed by atoms with E-state index in [9.17, 15) is 20.1 Å². The molecule has 1 aliphatic heterocycles. The highest BCUT2D eigenvalue weighted by Gasteiger charge is 2.47. The van der Waals surface area contributed by atoms with Crippen LogP contribution in [-0.4, -0.2) is 33.1 Å². The number of nitro benzene ring substituents is 1.